The molecule has 4 N–H and O–H groups in total. The van der Waals surface area contributed by atoms with Gasteiger partial charge >= 0.3 is 0 Å². The van der Waals surface area contributed by atoms with Crippen LogP contribution in [0.15, 0.2) is 24.3 Å². The Balaban J connectivity index is 2.75. The molecular weight excluding hydrogens is 268 g/mol. The summed E-state index contributed by atoms with van der Waals surface area (Å²) in [6, 6.07) is 7.63. The number of amides is 2. The van der Waals surface area contributed by atoms with Crippen LogP contribution in [-0.4, -0.2) is 24.4 Å². The monoisotopic (exact) mass is 288 g/mol. The summed E-state index contributed by atoms with van der Waals surface area (Å²) >= 11 is 0. The van der Waals surface area contributed by atoms with Crippen LogP contribution in [0.3, 0.4) is 0 Å². The third-order valence-corrected chi connectivity index (χ3v) is 2.84. The number of nitrogens with zero attached hydrogens (tertiary/aromatic N) is 1. The van der Waals surface area contributed by atoms with Gasteiger partial charge in [-0.25, -0.2) is 0 Å². The molecule has 0 radical (unpaired) electrons. The molecule has 1 unspecified atom stereocenters. The first-order valence-corrected chi connectivity index (χ1v) is 6.75. The van der Waals surface area contributed by atoms with Crippen LogP contribution in [0.2, 0.25) is 0 Å². The lowest BCUT2D eigenvalue weighted by molar-refractivity contribution is -0.123. The molecule has 0 aliphatic rings. The van der Waals surface area contributed by atoms with E-state index >= 15 is 0 Å². The zero-order valence-electron chi connectivity index (χ0n) is 12.2. The molecule has 0 saturated heterocycles. The van der Waals surface area contributed by atoms with Crippen molar-refractivity contribution in [3.63, 3.8) is 0 Å². The predicted octanol–water partition coefficient (Wildman–Crippen LogP) is 1.05. The lowest BCUT2D eigenvalue weighted by Crippen LogP contribution is -2.47. The van der Waals surface area contributed by atoms with Gasteiger partial charge in [0.1, 0.15) is 12.6 Å². The van der Waals surface area contributed by atoms with Crippen molar-refractivity contribution in [1.82, 2.24) is 10.6 Å². The highest BCUT2D eigenvalue weighted by atomic mass is 16.2. The third-order valence-electron chi connectivity index (χ3n) is 2.84. The largest absolute Gasteiger partial charge is 0.399 e. The van der Waals surface area contributed by atoms with Gasteiger partial charge < -0.3 is 16.4 Å². The van der Waals surface area contributed by atoms with Gasteiger partial charge in [0.25, 0.3) is 5.91 Å². The molecule has 6 nitrogen and oxygen atoms in total. The fraction of sp³-hybridized carbons (Fsp3) is 0.400. The van der Waals surface area contributed by atoms with E-state index in [1.165, 1.54) is 0 Å². The molecule has 0 aliphatic carbocycles. The van der Waals surface area contributed by atoms with Gasteiger partial charge in [-0.05, 0) is 36.6 Å². The molecule has 1 atom stereocenters. The van der Waals surface area contributed by atoms with Crippen molar-refractivity contribution < 1.29 is 9.59 Å². The lowest BCUT2D eigenvalue weighted by atomic mass is 10.0. The van der Waals surface area contributed by atoms with Crippen LogP contribution in [0.4, 0.5) is 5.69 Å². The maximum atomic E-state index is 12.1. The second kappa shape index (κ2) is 7.90. The normalized spacial score (nSPS) is 11.5. The molecule has 0 saturated carbocycles. The van der Waals surface area contributed by atoms with E-state index in [4.69, 9.17) is 11.0 Å². The Bertz CT molecular complexity index is 532. The zero-order chi connectivity index (χ0) is 15.8. The number of anilines is 1. The number of nitrogens with one attached hydrogen (secondary N) is 2. The van der Waals surface area contributed by atoms with E-state index in [2.05, 4.69) is 10.6 Å². The average molecular weight is 288 g/mol. The molecule has 0 fully saturated rings. The van der Waals surface area contributed by atoms with Crippen LogP contribution >= 0.6 is 0 Å². The minimum absolute atomic E-state index is 0.0782. The van der Waals surface area contributed by atoms with Crippen LogP contribution in [-0.2, 0) is 4.79 Å². The minimum Gasteiger partial charge on any atom is -0.399 e. The quantitative estimate of drug-likeness (QED) is 0.537. The minimum atomic E-state index is -0.664. The van der Waals surface area contributed by atoms with Crippen molar-refractivity contribution in [1.29, 1.82) is 5.26 Å². The lowest BCUT2D eigenvalue weighted by Gasteiger charge is -2.19. The van der Waals surface area contributed by atoms with Crippen molar-refractivity contribution in [2.75, 3.05) is 12.3 Å². The zero-order valence-corrected chi connectivity index (χ0v) is 12.2. The fourth-order valence-corrected chi connectivity index (χ4v) is 1.83. The molecule has 21 heavy (non-hydrogen) atoms. The number of carbonyl (C=O) groups excluding carboxylic acids is 2. The Morgan fingerprint density at radius 1 is 1.29 bits per heavy atom. The summed E-state index contributed by atoms with van der Waals surface area (Å²) < 4.78 is 0. The van der Waals surface area contributed by atoms with Crippen LogP contribution in [0.1, 0.15) is 30.6 Å². The SMILES string of the molecule is CC(C)CC(NC(=O)c1ccc(N)cc1)C(=O)NCC#N. The molecular formula is C15H20N4O2. The highest BCUT2D eigenvalue weighted by molar-refractivity contribution is 5.97. The maximum Gasteiger partial charge on any atom is 0.251 e. The van der Waals surface area contributed by atoms with Crippen molar-refractivity contribution in [2.24, 2.45) is 5.92 Å². The Morgan fingerprint density at radius 2 is 1.90 bits per heavy atom. The van der Waals surface area contributed by atoms with Crippen molar-refractivity contribution in [3.05, 3.63) is 29.8 Å². The van der Waals surface area contributed by atoms with E-state index in [0.717, 1.165) is 0 Å². The molecule has 0 heterocycles. The Hall–Kier alpha value is -2.55. The van der Waals surface area contributed by atoms with Gasteiger partial charge in [0.05, 0.1) is 6.07 Å². The van der Waals surface area contributed by atoms with Gasteiger partial charge in [0.2, 0.25) is 5.91 Å². The second-order valence-electron chi connectivity index (χ2n) is 5.15. The molecule has 112 valence electrons. The van der Waals surface area contributed by atoms with Crippen molar-refractivity contribution >= 4 is 17.5 Å². The molecule has 1 aromatic rings. The van der Waals surface area contributed by atoms with E-state index in [-0.39, 0.29) is 24.3 Å². The first-order valence-electron chi connectivity index (χ1n) is 6.75. The van der Waals surface area contributed by atoms with Gasteiger partial charge in [-0.2, -0.15) is 5.26 Å². The molecule has 0 aromatic heterocycles. The molecule has 0 bridgehead atoms. The van der Waals surface area contributed by atoms with Gasteiger partial charge in [-0.15, -0.1) is 0 Å². The van der Waals surface area contributed by atoms with Crippen LogP contribution in [0.5, 0.6) is 0 Å². The first-order chi connectivity index (χ1) is 9.93. The highest BCUT2D eigenvalue weighted by Gasteiger charge is 2.22. The smallest absolute Gasteiger partial charge is 0.251 e. The maximum absolute atomic E-state index is 12.1. The number of carbonyl (C=O) groups is 2. The summed E-state index contributed by atoms with van der Waals surface area (Å²) in [5.41, 5.74) is 6.57. The molecule has 0 aliphatic heterocycles. The van der Waals surface area contributed by atoms with Crippen LogP contribution in [0.25, 0.3) is 0 Å². The summed E-state index contributed by atoms with van der Waals surface area (Å²) in [6.07, 6.45) is 0.498. The van der Waals surface area contributed by atoms with E-state index in [0.29, 0.717) is 17.7 Å². The third kappa shape index (κ3) is 5.53. The number of benzene rings is 1. The second-order valence-corrected chi connectivity index (χ2v) is 5.15. The first kappa shape index (κ1) is 16.5. The molecule has 0 spiro atoms. The van der Waals surface area contributed by atoms with Crippen LogP contribution in [0, 0.1) is 17.2 Å². The van der Waals surface area contributed by atoms with Crippen molar-refractivity contribution in [2.45, 2.75) is 26.3 Å². The number of nitriles is 1. The van der Waals surface area contributed by atoms with Gasteiger partial charge in [0, 0.05) is 11.3 Å². The number of nitrogens with two attached hydrogens (primary N) is 1. The Kier molecular flexibility index (Phi) is 6.21. The Morgan fingerprint density at radius 3 is 2.43 bits per heavy atom. The standard InChI is InChI=1S/C15H20N4O2/c1-10(2)9-13(15(21)18-8-7-16)19-14(20)11-3-5-12(17)6-4-11/h3-6,10,13H,8-9,17H2,1-2H3,(H,18,21)(H,19,20). The number of hydrogen-bond acceptors (Lipinski definition) is 4. The molecule has 1 aromatic carbocycles. The molecule has 6 heteroatoms. The van der Waals surface area contributed by atoms with Crippen molar-refractivity contribution in [3.8, 4) is 6.07 Å². The number of nitrogen functional groups attached to an aromatic ring is 1. The van der Waals surface area contributed by atoms with Gasteiger partial charge in [-0.1, -0.05) is 13.8 Å². The number of hydrogen-bond donors (Lipinski definition) is 3. The summed E-state index contributed by atoms with van der Waals surface area (Å²) in [6.45, 7) is 3.84. The number of rotatable bonds is 6. The summed E-state index contributed by atoms with van der Waals surface area (Å²) in [7, 11) is 0. The van der Waals surface area contributed by atoms with Gasteiger partial charge in [-0.3, -0.25) is 9.59 Å². The van der Waals surface area contributed by atoms with E-state index in [1.54, 1.807) is 24.3 Å². The summed E-state index contributed by atoms with van der Waals surface area (Å²) in [5.74, 6) is -0.462. The summed E-state index contributed by atoms with van der Waals surface area (Å²) in [4.78, 5) is 24.1. The predicted molar refractivity (Wildman–Crippen MR) is 80.2 cm³/mol. The summed E-state index contributed by atoms with van der Waals surface area (Å²) in [5, 5.41) is 13.7. The fourth-order valence-electron chi connectivity index (χ4n) is 1.83. The topological polar surface area (TPSA) is 108 Å². The van der Waals surface area contributed by atoms with E-state index < -0.39 is 6.04 Å². The molecule has 1 rings (SSSR count). The van der Waals surface area contributed by atoms with Gasteiger partial charge in [0.15, 0.2) is 0 Å². The molecule has 2 amide bonds. The van der Waals surface area contributed by atoms with E-state index in [9.17, 15) is 9.59 Å². The highest BCUT2D eigenvalue weighted by Crippen LogP contribution is 2.09. The Labute approximate surface area is 124 Å². The average Bonchev–Trinajstić information content (AvgIpc) is 2.44. The van der Waals surface area contributed by atoms with E-state index in [1.807, 2.05) is 19.9 Å². The van der Waals surface area contributed by atoms with Crippen LogP contribution < -0.4 is 16.4 Å².